The summed E-state index contributed by atoms with van der Waals surface area (Å²) < 4.78 is 9.60. The van der Waals surface area contributed by atoms with Crippen LogP contribution in [0, 0.1) is 0 Å². The summed E-state index contributed by atoms with van der Waals surface area (Å²) in [6, 6.07) is -0.648. The molecule has 0 bridgehead atoms. The van der Waals surface area contributed by atoms with Gasteiger partial charge in [0.05, 0.1) is 13.5 Å². The number of hydrogen-bond acceptors (Lipinski definition) is 5. The minimum absolute atomic E-state index is 0.0273. The van der Waals surface area contributed by atoms with Gasteiger partial charge in [0.2, 0.25) is 0 Å². The van der Waals surface area contributed by atoms with Crippen molar-refractivity contribution in [1.82, 2.24) is 5.32 Å². The fourth-order valence-corrected chi connectivity index (χ4v) is 0.995. The highest BCUT2D eigenvalue weighted by molar-refractivity contribution is 5.82. The van der Waals surface area contributed by atoms with E-state index in [0.29, 0.717) is 0 Å². The van der Waals surface area contributed by atoms with Crippen LogP contribution in [0.2, 0.25) is 0 Å². The molecule has 0 aliphatic rings. The molecule has 0 aromatic rings. The van der Waals surface area contributed by atoms with Gasteiger partial charge in [0, 0.05) is 0 Å². The molecule has 0 rings (SSSR count). The average molecular weight is 217 g/mol. The first-order valence-corrected chi connectivity index (χ1v) is 4.77. The maximum Gasteiger partial charge on any atom is 0.323 e. The highest BCUT2D eigenvalue weighted by atomic mass is 16.6. The molecule has 0 aliphatic carbocycles. The van der Waals surface area contributed by atoms with Gasteiger partial charge >= 0.3 is 11.9 Å². The number of hydrogen-bond donors (Lipinski definition) is 1. The number of nitrogens with one attached hydrogen (secondary N) is 1. The quantitative estimate of drug-likeness (QED) is 0.694. The summed E-state index contributed by atoms with van der Waals surface area (Å²) >= 11 is 0. The molecule has 0 unspecified atom stereocenters. The smallest absolute Gasteiger partial charge is 0.323 e. The van der Waals surface area contributed by atoms with E-state index in [-0.39, 0.29) is 6.42 Å². The predicted molar refractivity (Wildman–Crippen MR) is 55.3 cm³/mol. The fraction of sp³-hybridized carbons (Fsp3) is 0.800. The van der Waals surface area contributed by atoms with Crippen LogP contribution in [0.1, 0.15) is 27.2 Å². The maximum absolute atomic E-state index is 11.4. The summed E-state index contributed by atoms with van der Waals surface area (Å²) in [6.45, 7) is 5.33. The van der Waals surface area contributed by atoms with Crippen LogP contribution in [-0.4, -0.2) is 37.7 Å². The summed E-state index contributed by atoms with van der Waals surface area (Å²) in [5.41, 5.74) is -0.536. The molecular formula is C10H19NO4. The molecule has 5 nitrogen and oxygen atoms in total. The van der Waals surface area contributed by atoms with Crippen LogP contribution in [0.3, 0.4) is 0 Å². The molecule has 0 fully saturated rings. The van der Waals surface area contributed by atoms with E-state index in [2.05, 4.69) is 10.1 Å². The summed E-state index contributed by atoms with van der Waals surface area (Å²) in [6.07, 6.45) is -0.0273. The first-order valence-electron chi connectivity index (χ1n) is 4.77. The lowest BCUT2D eigenvalue weighted by atomic mass is 10.1. The zero-order valence-corrected chi connectivity index (χ0v) is 9.92. The third kappa shape index (κ3) is 6.06. The summed E-state index contributed by atoms with van der Waals surface area (Å²) in [4.78, 5) is 22.5. The first kappa shape index (κ1) is 13.9. The van der Waals surface area contributed by atoms with E-state index < -0.39 is 23.6 Å². The lowest BCUT2D eigenvalue weighted by Crippen LogP contribution is -2.38. The van der Waals surface area contributed by atoms with Gasteiger partial charge in [0.15, 0.2) is 0 Å². The van der Waals surface area contributed by atoms with Gasteiger partial charge in [-0.2, -0.15) is 0 Å². The largest absolute Gasteiger partial charge is 0.468 e. The minimum atomic E-state index is -0.648. The van der Waals surface area contributed by atoms with Crippen LogP contribution < -0.4 is 5.32 Å². The first-order chi connectivity index (χ1) is 6.80. The van der Waals surface area contributed by atoms with Crippen molar-refractivity contribution in [2.45, 2.75) is 38.8 Å². The average Bonchev–Trinajstić information content (AvgIpc) is 2.10. The van der Waals surface area contributed by atoms with Crippen molar-refractivity contribution in [2.75, 3.05) is 14.2 Å². The van der Waals surface area contributed by atoms with Gasteiger partial charge in [-0.3, -0.25) is 9.59 Å². The second-order valence-electron chi connectivity index (χ2n) is 4.15. The van der Waals surface area contributed by atoms with Gasteiger partial charge in [-0.1, -0.05) is 0 Å². The fourth-order valence-electron chi connectivity index (χ4n) is 0.995. The molecule has 1 atom stereocenters. The summed E-state index contributed by atoms with van der Waals surface area (Å²) in [7, 11) is 2.87. The molecule has 0 aliphatic heterocycles. The van der Waals surface area contributed by atoms with E-state index in [4.69, 9.17) is 4.74 Å². The molecule has 0 aromatic carbocycles. The van der Waals surface area contributed by atoms with Crippen molar-refractivity contribution in [3.05, 3.63) is 0 Å². The van der Waals surface area contributed by atoms with E-state index in [1.54, 1.807) is 27.8 Å². The number of methoxy groups -OCH3 is 1. The van der Waals surface area contributed by atoms with E-state index >= 15 is 0 Å². The van der Waals surface area contributed by atoms with Crippen LogP contribution >= 0.6 is 0 Å². The highest BCUT2D eigenvalue weighted by Gasteiger charge is 2.24. The van der Waals surface area contributed by atoms with Gasteiger partial charge < -0.3 is 14.8 Å². The van der Waals surface area contributed by atoms with Crippen molar-refractivity contribution in [3.8, 4) is 0 Å². The monoisotopic (exact) mass is 217 g/mol. The standard InChI is InChI=1S/C10H19NO4/c1-10(2,3)15-8(12)6-7(11-4)9(13)14-5/h7,11H,6H2,1-5H3/t7-/m0/s1. The van der Waals surface area contributed by atoms with Crippen molar-refractivity contribution in [1.29, 1.82) is 0 Å². The van der Waals surface area contributed by atoms with Crippen LogP contribution in [0.15, 0.2) is 0 Å². The van der Waals surface area contributed by atoms with Crippen molar-refractivity contribution < 1.29 is 19.1 Å². The Morgan fingerprint density at radius 1 is 1.33 bits per heavy atom. The third-order valence-electron chi connectivity index (χ3n) is 1.62. The normalized spacial score (nSPS) is 13.1. The third-order valence-corrected chi connectivity index (χ3v) is 1.62. The van der Waals surface area contributed by atoms with Crippen LogP contribution in [0.25, 0.3) is 0 Å². The summed E-state index contributed by atoms with van der Waals surface area (Å²) in [5, 5.41) is 2.69. The SMILES string of the molecule is CN[C@@H](CC(=O)OC(C)(C)C)C(=O)OC. The van der Waals surface area contributed by atoms with E-state index in [0.717, 1.165) is 0 Å². The molecule has 0 radical (unpaired) electrons. The molecule has 0 saturated heterocycles. The Bertz CT molecular complexity index is 232. The number of esters is 2. The molecule has 15 heavy (non-hydrogen) atoms. The highest BCUT2D eigenvalue weighted by Crippen LogP contribution is 2.09. The Morgan fingerprint density at radius 3 is 2.20 bits per heavy atom. The number of carbonyl (C=O) groups is 2. The number of rotatable bonds is 4. The Morgan fingerprint density at radius 2 is 1.87 bits per heavy atom. The Hall–Kier alpha value is -1.10. The molecule has 0 heterocycles. The Labute approximate surface area is 90.1 Å². The molecule has 0 spiro atoms. The van der Waals surface area contributed by atoms with E-state index in [1.807, 2.05) is 0 Å². The van der Waals surface area contributed by atoms with Gasteiger partial charge in [0.25, 0.3) is 0 Å². The molecule has 1 N–H and O–H groups in total. The van der Waals surface area contributed by atoms with Gasteiger partial charge in [0.1, 0.15) is 11.6 Å². The van der Waals surface area contributed by atoms with Crippen molar-refractivity contribution in [2.24, 2.45) is 0 Å². The van der Waals surface area contributed by atoms with E-state index in [1.165, 1.54) is 7.11 Å². The van der Waals surface area contributed by atoms with E-state index in [9.17, 15) is 9.59 Å². The molecule has 0 saturated carbocycles. The van der Waals surface area contributed by atoms with Gasteiger partial charge in [-0.15, -0.1) is 0 Å². The van der Waals surface area contributed by atoms with Gasteiger partial charge in [-0.05, 0) is 27.8 Å². The van der Waals surface area contributed by atoms with Crippen LogP contribution in [0.4, 0.5) is 0 Å². The molecule has 0 amide bonds. The van der Waals surface area contributed by atoms with Gasteiger partial charge in [-0.25, -0.2) is 0 Å². The van der Waals surface area contributed by atoms with Crippen molar-refractivity contribution in [3.63, 3.8) is 0 Å². The van der Waals surface area contributed by atoms with Crippen molar-refractivity contribution >= 4 is 11.9 Å². The molecule has 0 aromatic heterocycles. The molecule has 5 heteroatoms. The zero-order chi connectivity index (χ0) is 12.1. The second-order valence-corrected chi connectivity index (χ2v) is 4.15. The van der Waals surface area contributed by atoms with Crippen LogP contribution in [0.5, 0.6) is 0 Å². The second kappa shape index (κ2) is 5.70. The number of carbonyl (C=O) groups excluding carboxylic acids is 2. The minimum Gasteiger partial charge on any atom is -0.468 e. The lowest BCUT2D eigenvalue weighted by molar-refractivity contribution is -0.158. The van der Waals surface area contributed by atoms with Crippen LogP contribution in [-0.2, 0) is 19.1 Å². The maximum atomic E-state index is 11.4. The number of ether oxygens (including phenoxy) is 2. The molecular weight excluding hydrogens is 198 g/mol. The molecule has 88 valence electrons. The topological polar surface area (TPSA) is 64.6 Å². The summed E-state index contributed by atoms with van der Waals surface area (Å²) in [5.74, 6) is -0.893. The predicted octanol–water partition coefficient (Wildman–Crippen LogP) is 0.479. The Kier molecular flexibility index (Phi) is 5.28. The Balaban J connectivity index is 4.20. The number of likely N-dealkylation sites (N-methyl/N-ethyl adjacent to an activating group) is 1. The zero-order valence-electron chi connectivity index (χ0n) is 9.92. The lowest BCUT2D eigenvalue weighted by Gasteiger charge is -2.21.